The van der Waals surface area contributed by atoms with Gasteiger partial charge >= 0.3 is 0 Å². The number of hydrogen-bond donors (Lipinski definition) is 2. The number of nitrogens with zero attached hydrogens (tertiary/aromatic N) is 4. The molecule has 1 aromatic rings. The van der Waals surface area contributed by atoms with Crippen LogP contribution in [0.15, 0.2) is 12.3 Å². The highest BCUT2D eigenvalue weighted by molar-refractivity contribution is 5.99. The summed E-state index contributed by atoms with van der Waals surface area (Å²) in [6, 6.07) is 2.35. The van der Waals surface area contributed by atoms with Crippen LogP contribution in [-0.2, 0) is 4.74 Å². The second-order valence-corrected chi connectivity index (χ2v) is 11.3. The molecule has 33 heavy (non-hydrogen) atoms. The first-order valence-corrected chi connectivity index (χ1v) is 12.3. The van der Waals surface area contributed by atoms with Crippen LogP contribution in [0, 0.1) is 34.5 Å². The lowest BCUT2D eigenvalue weighted by Crippen LogP contribution is -2.61. The quantitative estimate of drug-likeness (QED) is 0.687. The number of aliphatic hydroxyl groups is 1. The summed E-state index contributed by atoms with van der Waals surface area (Å²) in [6.45, 7) is 6.65. The zero-order chi connectivity index (χ0) is 23.2. The largest absolute Gasteiger partial charge is 0.390 e. The third kappa shape index (κ3) is 4.41. The second kappa shape index (κ2) is 8.44. The van der Waals surface area contributed by atoms with Crippen molar-refractivity contribution < 1.29 is 14.6 Å². The summed E-state index contributed by atoms with van der Waals surface area (Å²) in [5, 5.41) is 27.9. The Balaban J connectivity index is 1.39. The number of ether oxygens (including phenoxy) is 1. The number of carbonyl (C=O) groups is 1. The summed E-state index contributed by atoms with van der Waals surface area (Å²) in [5.74, 6) is 2.02. The fourth-order valence-electron chi connectivity index (χ4n) is 6.70. The molecule has 1 aromatic heterocycles. The topological polar surface area (TPSA) is 103 Å². The summed E-state index contributed by atoms with van der Waals surface area (Å²) >= 11 is 0. The summed E-state index contributed by atoms with van der Waals surface area (Å²) in [5.41, 5.74) is -0.221. The van der Waals surface area contributed by atoms with E-state index >= 15 is 0 Å². The van der Waals surface area contributed by atoms with Gasteiger partial charge in [0.2, 0.25) is 0 Å². The molecule has 8 nitrogen and oxygen atoms in total. The van der Waals surface area contributed by atoms with Crippen molar-refractivity contribution in [2.75, 3.05) is 31.2 Å². The Hall–Kier alpha value is -2.37. The van der Waals surface area contributed by atoms with Crippen molar-refractivity contribution in [1.82, 2.24) is 15.1 Å². The van der Waals surface area contributed by atoms with Gasteiger partial charge in [0.1, 0.15) is 11.4 Å². The normalized spacial score (nSPS) is 33.5. The molecular formula is C25H35N5O3. The molecule has 4 saturated carbocycles. The number of amides is 1. The fraction of sp³-hybridized carbons (Fsp3) is 0.720. The number of nitriles is 1. The second-order valence-electron chi connectivity index (χ2n) is 11.3. The highest BCUT2D eigenvalue weighted by Crippen LogP contribution is 2.55. The number of rotatable bonds is 6. The molecule has 2 N–H and O–H groups in total. The van der Waals surface area contributed by atoms with Gasteiger partial charge in [-0.1, -0.05) is 19.9 Å². The first kappa shape index (κ1) is 22.4. The van der Waals surface area contributed by atoms with Gasteiger partial charge in [-0.25, -0.2) is 4.68 Å². The third-order valence-electron chi connectivity index (χ3n) is 8.06. The van der Waals surface area contributed by atoms with Gasteiger partial charge in [-0.2, -0.15) is 10.4 Å². The minimum Gasteiger partial charge on any atom is -0.390 e. The van der Waals surface area contributed by atoms with Crippen LogP contribution >= 0.6 is 0 Å². The van der Waals surface area contributed by atoms with Gasteiger partial charge in [0.15, 0.2) is 0 Å². The Morgan fingerprint density at radius 3 is 2.67 bits per heavy atom. The number of anilines is 1. The van der Waals surface area contributed by atoms with Gasteiger partial charge in [-0.3, -0.25) is 4.79 Å². The molecule has 1 saturated heterocycles. The Morgan fingerprint density at radius 1 is 1.33 bits per heavy atom. The van der Waals surface area contributed by atoms with Gasteiger partial charge in [-0.15, -0.1) is 0 Å². The van der Waals surface area contributed by atoms with Crippen molar-refractivity contribution >= 4 is 17.9 Å². The first-order valence-electron chi connectivity index (χ1n) is 12.3. The summed E-state index contributed by atoms with van der Waals surface area (Å²) in [4.78, 5) is 15.7. The van der Waals surface area contributed by atoms with E-state index < -0.39 is 5.60 Å². The molecular weight excluding hydrogens is 418 g/mol. The van der Waals surface area contributed by atoms with Crippen LogP contribution in [0.5, 0.6) is 0 Å². The first-order chi connectivity index (χ1) is 15.8. The fourth-order valence-corrected chi connectivity index (χ4v) is 6.70. The van der Waals surface area contributed by atoms with Gasteiger partial charge in [-0.05, 0) is 55.3 Å². The van der Waals surface area contributed by atoms with Crippen LogP contribution in [0.3, 0.4) is 0 Å². The maximum Gasteiger partial charge on any atom is 0.256 e. The molecule has 1 amide bonds. The van der Waals surface area contributed by atoms with E-state index in [0.717, 1.165) is 37.9 Å². The van der Waals surface area contributed by atoms with E-state index in [4.69, 9.17) is 10.00 Å². The molecule has 4 aliphatic carbocycles. The average Bonchev–Trinajstić information content (AvgIpc) is 3.18. The maximum atomic E-state index is 13.5. The Morgan fingerprint density at radius 2 is 2.03 bits per heavy atom. The summed E-state index contributed by atoms with van der Waals surface area (Å²) in [6.07, 6.45) is 10.7. The standard InChI is InChI=1S/C25H35N5O3/c1-24(2,3-5-26)4-6-30-23(29-7-9-33-10-8-29)20(16-27-30)22(31)28-21-18-11-17-12-19(21)15-25(32,13-17)14-18/h4,6,16-19,21,32H,3,7-15H2,1-2H3,(H,28,31). The van der Waals surface area contributed by atoms with Gasteiger partial charge < -0.3 is 20.1 Å². The molecule has 2 atom stereocenters. The molecule has 2 heterocycles. The molecule has 4 bridgehead atoms. The van der Waals surface area contributed by atoms with Crippen molar-refractivity contribution in [1.29, 1.82) is 5.26 Å². The number of nitrogens with one attached hydrogen (secondary N) is 1. The third-order valence-corrected chi connectivity index (χ3v) is 8.06. The Kier molecular flexibility index (Phi) is 5.74. The zero-order valence-corrected chi connectivity index (χ0v) is 19.7. The van der Waals surface area contributed by atoms with Crippen LogP contribution < -0.4 is 10.2 Å². The Bertz CT molecular complexity index is 955. The van der Waals surface area contributed by atoms with E-state index in [2.05, 4.69) is 21.4 Å². The zero-order valence-electron chi connectivity index (χ0n) is 19.7. The molecule has 0 aromatic carbocycles. The number of morpholine rings is 1. The van der Waals surface area contributed by atoms with E-state index in [-0.39, 0.29) is 17.4 Å². The van der Waals surface area contributed by atoms with Crippen molar-refractivity contribution in [3.63, 3.8) is 0 Å². The number of aromatic nitrogens is 2. The molecule has 5 aliphatic rings. The van der Waals surface area contributed by atoms with Crippen LogP contribution in [0.1, 0.15) is 62.7 Å². The maximum absolute atomic E-state index is 13.5. The monoisotopic (exact) mass is 453 g/mol. The van der Waals surface area contributed by atoms with Gasteiger partial charge in [0, 0.05) is 31.8 Å². The number of allylic oxidation sites excluding steroid dienone is 1. The average molecular weight is 454 g/mol. The SMILES string of the molecule is CC(C)(C=Cn1ncc(C(=O)NC2C3CC4CC2CC(O)(C4)C3)c1N1CCOCC1)CC#N. The summed E-state index contributed by atoms with van der Waals surface area (Å²) < 4.78 is 7.29. The predicted molar refractivity (Wildman–Crippen MR) is 124 cm³/mol. The van der Waals surface area contributed by atoms with E-state index in [9.17, 15) is 9.90 Å². The minimum atomic E-state index is -0.511. The molecule has 6 rings (SSSR count). The van der Waals surface area contributed by atoms with Gasteiger partial charge in [0.05, 0.1) is 31.1 Å². The van der Waals surface area contributed by atoms with Crippen LogP contribution in [0.4, 0.5) is 5.82 Å². The minimum absolute atomic E-state index is 0.0862. The van der Waals surface area contributed by atoms with Gasteiger partial charge in [0.25, 0.3) is 5.91 Å². The highest BCUT2D eigenvalue weighted by atomic mass is 16.5. The molecule has 0 spiro atoms. The van der Waals surface area contributed by atoms with Crippen molar-refractivity contribution in [2.45, 2.75) is 64.0 Å². The van der Waals surface area contributed by atoms with Crippen molar-refractivity contribution in [3.8, 4) is 6.07 Å². The lowest BCUT2D eigenvalue weighted by molar-refractivity contribution is -0.136. The molecule has 178 valence electrons. The van der Waals surface area contributed by atoms with Crippen LogP contribution in [0.25, 0.3) is 6.20 Å². The molecule has 1 aliphatic heterocycles. The van der Waals surface area contributed by atoms with Crippen LogP contribution in [0.2, 0.25) is 0 Å². The lowest BCUT2D eigenvalue weighted by Gasteiger charge is -2.58. The smallest absolute Gasteiger partial charge is 0.256 e. The van der Waals surface area contributed by atoms with E-state index in [1.165, 1.54) is 0 Å². The van der Waals surface area contributed by atoms with Crippen LogP contribution in [-0.4, -0.2) is 58.7 Å². The van der Waals surface area contributed by atoms with E-state index in [1.54, 1.807) is 10.9 Å². The number of carbonyl (C=O) groups excluding carboxylic acids is 1. The van der Waals surface area contributed by atoms with E-state index in [1.807, 2.05) is 26.1 Å². The molecule has 0 radical (unpaired) electrons. The Labute approximate surface area is 195 Å². The number of hydrogen-bond acceptors (Lipinski definition) is 6. The molecule has 5 fully saturated rings. The molecule has 8 heteroatoms. The lowest BCUT2D eigenvalue weighted by atomic mass is 9.52. The predicted octanol–water partition coefficient (Wildman–Crippen LogP) is 2.80. The molecule has 2 unspecified atom stereocenters. The highest BCUT2D eigenvalue weighted by Gasteiger charge is 2.55. The van der Waals surface area contributed by atoms with E-state index in [0.29, 0.717) is 56.0 Å². The van der Waals surface area contributed by atoms with Crippen molar-refractivity contribution in [2.24, 2.45) is 23.2 Å². The van der Waals surface area contributed by atoms with Crippen molar-refractivity contribution in [3.05, 3.63) is 17.8 Å². The summed E-state index contributed by atoms with van der Waals surface area (Å²) in [7, 11) is 0.